The lowest BCUT2D eigenvalue weighted by Crippen LogP contribution is -2.27. The molecule has 3 heteroatoms. The standard InChI is InChI=1S/C17H27NO2/c1-13-7-9-15(10-8-13)20-17(12-18-2)14-5-4-6-16(11-14)19-3/h4-6,11,13,15,17-18H,7-10,12H2,1-3H3. The van der Waals surface area contributed by atoms with Crippen molar-refractivity contribution in [3.8, 4) is 5.75 Å². The lowest BCUT2D eigenvalue weighted by Gasteiger charge is -2.30. The van der Waals surface area contributed by atoms with Gasteiger partial charge in [0, 0.05) is 6.54 Å². The fourth-order valence-corrected chi connectivity index (χ4v) is 2.87. The van der Waals surface area contributed by atoms with Crippen LogP contribution in [-0.4, -0.2) is 26.8 Å². The molecular formula is C17H27NO2. The summed E-state index contributed by atoms with van der Waals surface area (Å²) in [7, 11) is 3.68. The van der Waals surface area contributed by atoms with E-state index in [-0.39, 0.29) is 6.10 Å². The van der Waals surface area contributed by atoms with Crippen LogP contribution in [0.4, 0.5) is 0 Å². The Kier molecular flexibility index (Phi) is 5.86. The first-order valence-electron chi connectivity index (χ1n) is 7.67. The van der Waals surface area contributed by atoms with E-state index >= 15 is 0 Å². The summed E-state index contributed by atoms with van der Waals surface area (Å²) in [5.41, 5.74) is 1.19. The molecule has 1 fully saturated rings. The first kappa shape index (κ1) is 15.3. The smallest absolute Gasteiger partial charge is 0.119 e. The van der Waals surface area contributed by atoms with Crippen molar-refractivity contribution in [2.75, 3.05) is 20.7 Å². The molecule has 1 aliphatic carbocycles. The van der Waals surface area contributed by atoms with Gasteiger partial charge in [-0.1, -0.05) is 19.1 Å². The van der Waals surface area contributed by atoms with Crippen molar-refractivity contribution in [1.29, 1.82) is 0 Å². The molecule has 2 rings (SSSR count). The summed E-state index contributed by atoms with van der Waals surface area (Å²) in [4.78, 5) is 0. The number of rotatable bonds is 6. The van der Waals surface area contributed by atoms with E-state index in [0.717, 1.165) is 18.2 Å². The van der Waals surface area contributed by atoms with Crippen molar-refractivity contribution in [3.63, 3.8) is 0 Å². The third kappa shape index (κ3) is 4.22. The maximum atomic E-state index is 6.35. The van der Waals surface area contributed by atoms with Gasteiger partial charge < -0.3 is 14.8 Å². The van der Waals surface area contributed by atoms with Gasteiger partial charge in [0.2, 0.25) is 0 Å². The summed E-state index contributed by atoms with van der Waals surface area (Å²) in [6.45, 7) is 3.17. The van der Waals surface area contributed by atoms with Crippen molar-refractivity contribution in [2.45, 2.75) is 44.8 Å². The zero-order valence-corrected chi connectivity index (χ0v) is 12.9. The monoisotopic (exact) mass is 277 g/mol. The molecule has 1 unspecified atom stereocenters. The van der Waals surface area contributed by atoms with Crippen LogP contribution in [0.5, 0.6) is 5.75 Å². The number of nitrogens with one attached hydrogen (secondary N) is 1. The van der Waals surface area contributed by atoms with Crippen LogP contribution in [0.1, 0.15) is 44.3 Å². The molecular weight excluding hydrogens is 250 g/mol. The van der Waals surface area contributed by atoms with E-state index in [4.69, 9.17) is 9.47 Å². The first-order valence-corrected chi connectivity index (χ1v) is 7.67. The highest BCUT2D eigenvalue weighted by molar-refractivity contribution is 5.30. The van der Waals surface area contributed by atoms with Crippen molar-refractivity contribution >= 4 is 0 Å². The topological polar surface area (TPSA) is 30.5 Å². The van der Waals surface area contributed by atoms with E-state index in [1.165, 1.54) is 31.2 Å². The Morgan fingerprint density at radius 2 is 2.00 bits per heavy atom. The molecule has 0 heterocycles. The number of ether oxygens (including phenoxy) is 2. The SMILES string of the molecule is CNCC(OC1CCC(C)CC1)c1cccc(OC)c1. The highest BCUT2D eigenvalue weighted by Gasteiger charge is 2.23. The van der Waals surface area contributed by atoms with Crippen LogP contribution in [0.2, 0.25) is 0 Å². The van der Waals surface area contributed by atoms with Gasteiger partial charge in [0.1, 0.15) is 5.75 Å². The van der Waals surface area contributed by atoms with Crippen molar-refractivity contribution in [2.24, 2.45) is 5.92 Å². The minimum Gasteiger partial charge on any atom is -0.497 e. The third-order valence-electron chi connectivity index (χ3n) is 4.17. The van der Waals surface area contributed by atoms with Gasteiger partial charge in [-0.15, -0.1) is 0 Å². The molecule has 0 spiro atoms. The average molecular weight is 277 g/mol. The van der Waals surface area contributed by atoms with Gasteiger partial charge in [-0.3, -0.25) is 0 Å². The van der Waals surface area contributed by atoms with Crippen LogP contribution < -0.4 is 10.1 Å². The van der Waals surface area contributed by atoms with Gasteiger partial charge in [0.05, 0.1) is 19.3 Å². The molecule has 1 aromatic rings. The van der Waals surface area contributed by atoms with Crippen LogP contribution in [0.25, 0.3) is 0 Å². The minimum absolute atomic E-state index is 0.105. The summed E-state index contributed by atoms with van der Waals surface area (Å²) in [6.07, 6.45) is 5.45. The Balaban J connectivity index is 2.02. The molecule has 0 bridgehead atoms. The minimum atomic E-state index is 0.105. The van der Waals surface area contributed by atoms with E-state index in [2.05, 4.69) is 24.4 Å². The number of hydrogen-bond donors (Lipinski definition) is 1. The molecule has 1 aliphatic rings. The molecule has 20 heavy (non-hydrogen) atoms. The quantitative estimate of drug-likeness (QED) is 0.862. The normalized spacial score (nSPS) is 24.4. The molecule has 0 saturated heterocycles. The summed E-state index contributed by atoms with van der Waals surface area (Å²) >= 11 is 0. The summed E-state index contributed by atoms with van der Waals surface area (Å²) in [5.74, 6) is 1.75. The van der Waals surface area contributed by atoms with Crippen LogP contribution in [0.3, 0.4) is 0 Å². The third-order valence-corrected chi connectivity index (χ3v) is 4.17. The van der Waals surface area contributed by atoms with E-state index in [1.54, 1.807) is 7.11 Å². The van der Waals surface area contributed by atoms with Gasteiger partial charge in [-0.25, -0.2) is 0 Å². The maximum absolute atomic E-state index is 6.35. The van der Waals surface area contributed by atoms with Crippen LogP contribution >= 0.6 is 0 Å². The van der Waals surface area contributed by atoms with E-state index in [0.29, 0.717) is 6.10 Å². The van der Waals surface area contributed by atoms with Crippen molar-refractivity contribution in [3.05, 3.63) is 29.8 Å². The van der Waals surface area contributed by atoms with Crippen molar-refractivity contribution in [1.82, 2.24) is 5.32 Å². The Bertz CT molecular complexity index is 400. The Morgan fingerprint density at radius 3 is 2.65 bits per heavy atom. The molecule has 112 valence electrons. The number of likely N-dealkylation sites (N-methyl/N-ethyl adjacent to an activating group) is 1. The molecule has 3 nitrogen and oxygen atoms in total. The number of benzene rings is 1. The zero-order valence-electron chi connectivity index (χ0n) is 12.9. The van der Waals surface area contributed by atoms with Crippen LogP contribution in [0.15, 0.2) is 24.3 Å². The van der Waals surface area contributed by atoms with Gasteiger partial charge in [0.25, 0.3) is 0 Å². The molecule has 1 saturated carbocycles. The van der Waals surface area contributed by atoms with E-state index < -0.39 is 0 Å². The summed E-state index contributed by atoms with van der Waals surface area (Å²) in [5, 5.41) is 3.24. The predicted molar refractivity (Wildman–Crippen MR) is 82.2 cm³/mol. The molecule has 0 radical (unpaired) electrons. The molecule has 1 atom stereocenters. The van der Waals surface area contributed by atoms with Crippen molar-refractivity contribution < 1.29 is 9.47 Å². The highest BCUT2D eigenvalue weighted by atomic mass is 16.5. The summed E-state index contributed by atoms with van der Waals surface area (Å²) < 4.78 is 11.7. The molecule has 0 aromatic heterocycles. The predicted octanol–water partition coefficient (Wildman–Crippen LogP) is 3.55. The fourth-order valence-electron chi connectivity index (χ4n) is 2.87. The van der Waals surface area contributed by atoms with Crippen LogP contribution in [-0.2, 0) is 4.74 Å². The zero-order chi connectivity index (χ0) is 14.4. The molecule has 0 amide bonds. The second-order valence-corrected chi connectivity index (χ2v) is 5.84. The highest BCUT2D eigenvalue weighted by Crippen LogP contribution is 2.30. The Hall–Kier alpha value is -1.06. The van der Waals surface area contributed by atoms with Gasteiger partial charge >= 0.3 is 0 Å². The first-order chi connectivity index (χ1) is 9.72. The largest absolute Gasteiger partial charge is 0.497 e. The molecule has 1 aromatic carbocycles. The Labute approximate surface area is 122 Å². The number of hydrogen-bond acceptors (Lipinski definition) is 3. The van der Waals surface area contributed by atoms with E-state index in [1.807, 2.05) is 19.2 Å². The summed E-state index contributed by atoms with van der Waals surface area (Å²) in [6, 6.07) is 8.20. The van der Waals surface area contributed by atoms with Gasteiger partial charge in [0.15, 0.2) is 0 Å². The van der Waals surface area contributed by atoms with E-state index in [9.17, 15) is 0 Å². The lowest BCUT2D eigenvalue weighted by molar-refractivity contribution is -0.0356. The van der Waals surface area contributed by atoms with Gasteiger partial charge in [-0.05, 0) is 56.3 Å². The van der Waals surface area contributed by atoms with Crippen LogP contribution in [0, 0.1) is 5.92 Å². The second kappa shape index (κ2) is 7.65. The molecule has 1 N–H and O–H groups in total. The average Bonchev–Trinajstić information content (AvgIpc) is 2.49. The maximum Gasteiger partial charge on any atom is 0.119 e. The molecule has 0 aliphatic heterocycles. The Morgan fingerprint density at radius 1 is 1.25 bits per heavy atom. The fraction of sp³-hybridized carbons (Fsp3) is 0.647. The van der Waals surface area contributed by atoms with Gasteiger partial charge in [-0.2, -0.15) is 0 Å². The number of methoxy groups -OCH3 is 1. The lowest BCUT2D eigenvalue weighted by atomic mass is 9.89. The second-order valence-electron chi connectivity index (χ2n) is 5.84.